The minimum atomic E-state index is -0.545. The van der Waals surface area contributed by atoms with Crippen molar-refractivity contribution in [3.05, 3.63) is 35.6 Å². The first-order valence-electron chi connectivity index (χ1n) is 6.60. The van der Waals surface area contributed by atoms with Crippen molar-refractivity contribution in [3.63, 3.8) is 0 Å². The maximum atomic E-state index is 12.8. The van der Waals surface area contributed by atoms with Crippen LogP contribution in [0, 0.1) is 11.2 Å². The maximum Gasteiger partial charge on any atom is 0.160 e. The van der Waals surface area contributed by atoms with Gasteiger partial charge in [-0.05, 0) is 24.1 Å². The van der Waals surface area contributed by atoms with Crippen molar-refractivity contribution in [2.24, 2.45) is 5.41 Å². The zero-order chi connectivity index (χ0) is 13.9. The van der Waals surface area contributed by atoms with Crippen molar-refractivity contribution in [1.82, 2.24) is 0 Å². The molecule has 1 N–H and O–H groups in total. The molecular formula is C15H21FO3. The number of benzene rings is 1. The van der Waals surface area contributed by atoms with Gasteiger partial charge in [-0.3, -0.25) is 0 Å². The minimum absolute atomic E-state index is 0.0401. The largest absolute Gasteiger partial charge is 0.393 e. The van der Waals surface area contributed by atoms with Crippen LogP contribution >= 0.6 is 0 Å². The molecule has 1 unspecified atom stereocenters. The zero-order valence-electron chi connectivity index (χ0n) is 11.4. The Balaban J connectivity index is 1.78. The maximum absolute atomic E-state index is 12.8. The van der Waals surface area contributed by atoms with Gasteiger partial charge in [-0.2, -0.15) is 0 Å². The van der Waals surface area contributed by atoms with Crippen molar-refractivity contribution in [1.29, 1.82) is 0 Å². The van der Waals surface area contributed by atoms with E-state index in [0.717, 1.165) is 5.56 Å². The zero-order valence-corrected chi connectivity index (χ0v) is 11.4. The lowest BCUT2D eigenvalue weighted by molar-refractivity contribution is -0.230. The summed E-state index contributed by atoms with van der Waals surface area (Å²) in [5.74, 6) is -0.264. The van der Waals surface area contributed by atoms with Crippen LogP contribution in [0.4, 0.5) is 4.39 Å². The van der Waals surface area contributed by atoms with Gasteiger partial charge < -0.3 is 14.6 Å². The number of rotatable bonds is 4. The lowest BCUT2D eigenvalue weighted by Crippen LogP contribution is -2.39. The summed E-state index contributed by atoms with van der Waals surface area (Å²) in [5, 5.41) is 10.0. The predicted molar refractivity (Wildman–Crippen MR) is 70.2 cm³/mol. The molecule has 1 saturated heterocycles. The number of halogens is 1. The van der Waals surface area contributed by atoms with Gasteiger partial charge in [-0.25, -0.2) is 4.39 Å². The van der Waals surface area contributed by atoms with E-state index in [9.17, 15) is 9.50 Å². The number of aliphatic hydroxyl groups excluding tert-OH is 1. The minimum Gasteiger partial charge on any atom is -0.393 e. The van der Waals surface area contributed by atoms with E-state index in [0.29, 0.717) is 26.1 Å². The Morgan fingerprint density at radius 2 is 1.84 bits per heavy atom. The Labute approximate surface area is 113 Å². The molecular weight excluding hydrogens is 247 g/mol. The molecule has 4 heteroatoms. The molecule has 1 aromatic carbocycles. The number of hydrogen-bond donors (Lipinski definition) is 1. The molecule has 1 fully saturated rings. The average molecular weight is 268 g/mol. The Morgan fingerprint density at radius 1 is 1.26 bits per heavy atom. The van der Waals surface area contributed by atoms with Crippen LogP contribution in [-0.4, -0.2) is 30.7 Å². The molecule has 1 aliphatic heterocycles. The third-order valence-electron chi connectivity index (χ3n) is 3.17. The standard InChI is InChI=1S/C15H21FO3/c1-15(2)9-18-14(19-10-15)8-13(17)7-11-3-5-12(16)6-4-11/h3-6,13-14,17H,7-10H2,1-2H3. The van der Waals surface area contributed by atoms with Crippen LogP contribution in [0.25, 0.3) is 0 Å². The SMILES string of the molecule is CC1(C)COC(CC(O)Cc2ccc(F)cc2)OC1. The fourth-order valence-electron chi connectivity index (χ4n) is 2.06. The summed E-state index contributed by atoms with van der Waals surface area (Å²) >= 11 is 0. The van der Waals surface area contributed by atoms with Gasteiger partial charge in [-0.1, -0.05) is 26.0 Å². The predicted octanol–water partition coefficient (Wildman–Crippen LogP) is 2.52. The van der Waals surface area contributed by atoms with Crippen molar-refractivity contribution in [3.8, 4) is 0 Å². The highest BCUT2D eigenvalue weighted by atomic mass is 19.1. The Hall–Kier alpha value is -0.970. The second kappa shape index (κ2) is 5.99. The fourth-order valence-corrected chi connectivity index (χ4v) is 2.06. The molecule has 1 heterocycles. The summed E-state index contributed by atoms with van der Waals surface area (Å²) in [6, 6.07) is 6.17. The number of ether oxygens (including phenoxy) is 2. The molecule has 1 aliphatic rings. The molecule has 0 aliphatic carbocycles. The topological polar surface area (TPSA) is 38.7 Å². The monoisotopic (exact) mass is 268 g/mol. The summed E-state index contributed by atoms with van der Waals surface area (Å²) in [5.41, 5.74) is 0.948. The molecule has 2 rings (SSSR count). The molecule has 19 heavy (non-hydrogen) atoms. The molecule has 106 valence electrons. The van der Waals surface area contributed by atoms with Gasteiger partial charge in [0.25, 0.3) is 0 Å². The lowest BCUT2D eigenvalue weighted by Gasteiger charge is -2.35. The highest BCUT2D eigenvalue weighted by Crippen LogP contribution is 2.25. The molecule has 0 radical (unpaired) electrons. The smallest absolute Gasteiger partial charge is 0.160 e. The number of aliphatic hydroxyl groups is 1. The second-order valence-electron chi connectivity index (χ2n) is 5.94. The van der Waals surface area contributed by atoms with Crippen LogP contribution in [-0.2, 0) is 15.9 Å². The molecule has 0 aromatic heterocycles. The van der Waals surface area contributed by atoms with E-state index in [4.69, 9.17) is 9.47 Å². The van der Waals surface area contributed by atoms with Crippen molar-refractivity contribution in [2.75, 3.05) is 13.2 Å². The molecule has 3 nitrogen and oxygen atoms in total. The van der Waals surface area contributed by atoms with E-state index in [-0.39, 0.29) is 17.5 Å². The van der Waals surface area contributed by atoms with Gasteiger partial charge in [0.15, 0.2) is 6.29 Å². The first kappa shape index (κ1) is 14.4. The second-order valence-corrected chi connectivity index (χ2v) is 5.94. The van der Waals surface area contributed by atoms with Crippen molar-refractivity contribution in [2.45, 2.75) is 39.1 Å². The first-order valence-corrected chi connectivity index (χ1v) is 6.60. The van der Waals surface area contributed by atoms with Gasteiger partial charge in [0.2, 0.25) is 0 Å². The number of hydrogen-bond acceptors (Lipinski definition) is 3. The van der Waals surface area contributed by atoms with Crippen LogP contribution < -0.4 is 0 Å². The average Bonchev–Trinajstić information content (AvgIpc) is 2.35. The molecule has 0 amide bonds. The van der Waals surface area contributed by atoms with Gasteiger partial charge in [0.1, 0.15) is 5.82 Å². The molecule has 0 saturated carbocycles. The summed E-state index contributed by atoms with van der Waals surface area (Å²) in [7, 11) is 0. The van der Waals surface area contributed by atoms with E-state index >= 15 is 0 Å². The summed E-state index contributed by atoms with van der Waals surface area (Å²) in [6.07, 6.45) is 0.0283. The summed E-state index contributed by atoms with van der Waals surface area (Å²) in [6.45, 7) is 5.44. The van der Waals surface area contributed by atoms with E-state index in [1.54, 1.807) is 12.1 Å². The van der Waals surface area contributed by atoms with E-state index < -0.39 is 6.10 Å². The third kappa shape index (κ3) is 4.56. The fraction of sp³-hybridized carbons (Fsp3) is 0.600. The molecule has 1 aromatic rings. The quantitative estimate of drug-likeness (QED) is 0.912. The lowest BCUT2D eigenvalue weighted by atomic mass is 9.95. The van der Waals surface area contributed by atoms with Crippen molar-refractivity contribution >= 4 is 0 Å². The highest BCUT2D eigenvalue weighted by Gasteiger charge is 2.29. The van der Waals surface area contributed by atoms with Gasteiger partial charge in [0, 0.05) is 11.8 Å². The summed E-state index contributed by atoms with van der Waals surface area (Å²) in [4.78, 5) is 0. The Kier molecular flexibility index (Phi) is 4.55. The van der Waals surface area contributed by atoms with Gasteiger partial charge in [0.05, 0.1) is 19.3 Å². The molecule has 0 spiro atoms. The van der Waals surface area contributed by atoms with Crippen molar-refractivity contribution < 1.29 is 19.0 Å². The van der Waals surface area contributed by atoms with Crippen LogP contribution in [0.2, 0.25) is 0 Å². The molecule has 1 atom stereocenters. The Morgan fingerprint density at radius 3 is 2.42 bits per heavy atom. The van der Waals surface area contributed by atoms with Crippen LogP contribution in [0.5, 0.6) is 0 Å². The molecule has 0 bridgehead atoms. The first-order chi connectivity index (χ1) is 8.94. The normalized spacial score (nSPS) is 21.3. The Bertz CT molecular complexity index is 392. The van der Waals surface area contributed by atoms with Crippen LogP contribution in [0.15, 0.2) is 24.3 Å². The van der Waals surface area contributed by atoms with Gasteiger partial charge >= 0.3 is 0 Å². The summed E-state index contributed by atoms with van der Waals surface area (Å²) < 4.78 is 23.9. The van der Waals surface area contributed by atoms with E-state index in [1.165, 1.54) is 12.1 Å². The van der Waals surface area contributed by atoms with Gasteiger partial charge in [-0.15, -0.1) is 0 Å². The third-order valence-corrected chi connectivity index (χ3v) is 3.17. The van der Waals surface area contributed by atoms with E-state index in [1.807, 2.05) is 0 Å². The van der Waals surface area contributed by atoms with E-state index in [2.05, 4.69) is 13.8 Å². The van der Waals surface area contributed by atoms with Crippen LogP contribution in [0.1, 0.15) is 25.8 Å². The van der Waals surface area contributed by atoms with Crippen LogP contribution in [0.3, 0.4) is 0 Å². The highest BCUT2D eigenvalue weighted by molar-refractivity contribution is 5.16.